The Bertz CT molecular complexity index is 600. The summed E-state index contributed by atoms with van der Waals surface area (Å²) in [6.45, 7) is 0.0597. The lowest BCUT2D eigenvalue weighted by Gasteiger charge is -2.12. The van der Waals surface area contributed by atoms with Crippen molar-refractivity contribution in [3.05, 3.63) is 60.2 Å². The third-order valence-electron chi connectivity index (χ3n) is 2.69. The van der Waals surface area contributed by atoms with Crippen LogP contribution < -0.4 is 9.75 Å². The number of nitrogens with zero attached hydrogens (tertiary/aromatic N) is 3. The van der Waals surface area contributed by atoms with Crippen molar-refractivity contribution in [1.29, 1.82) is 5.26 Å². The molecule has 0 aliphatic carbocycles. The van der Waals surface area contributed by atoms with Gasteiger partial charge >= 0.3 is 0 Å². The summed E-state index contributed by atoms with van der Waals surface area (Å²) in [5.74, 6) is 0.681. The van der Waals surface area contributed by atoms with Gasteiger partial charge in [0.05, 0.1) is 11.9 Å². The molecule has 0 heterocycles. The van der Waals surface area contributed by atoms with Crippen LogP contribution in [0.5, 0.6) is 5.75 Å². The molecule has 4 nitrogen and oxygen atoms in total. The van der Waals surface area contributed by atoms with Crippen molar-refractivity contribution in [2.75, 3.05) is 18.7 Å². The van der Waals surface area contributed by atoms with Gasteiger partial charge in [-0.3, -0.25) is 5.01 Å². The van der Waals surface area contributed by atoms with E-state index in [9.17, 15) is 0 Å². The summed E-state index contributed by atoms with van der Waals surface area (Å²) in [6, 6.07) is 19.3. The van der Waals surface area contributed by atoms with Crippen LogP contribution in [0.15, 0.2) is 59.7 Å². The standard InChI is InChI=1S/C16H15N3O/c1-19(15-5-3-2-4-6-15)18-13-14-7-9-16(10-8-14)20-12-11-17/h2-10,13H,12H2,1H3/b18-13-. The van der Waals surface area contributed by atoms with Crippen molar-refractivity contribution in [3.8, 4) is 11.8 Å². The maximum Gasteiger partial charge on any atom is 0.174 e. The fraction of sp³-hybridized carbons (Fsp3) is 0.125. The molecule has 0 saturated heterocycles. The molecule has 4 heteroatoms. The SMILES string of the molecule is CN(/N=C\c1ccc(OCC#N)cc1)c1ccccc1. The maximum atomic E-state index is 8.43. The first-order valence-corrected chi connectivity index (χ1v) is 6.22. The summed E-state index contributed by atoms with van der Waals surface area (Å²) in [4.78, 5) is 0. The first kappa shape index (κ1) is 13.6. The average Bonchev–Trinajstić information content (AvgIpc) is 2.52. The van der Waals surface area contributed by atoms with Gasteiger partial charge in [-0.25, -0.2) is 0 Å². The van der Waals surface area contributed by atoms with Crippen molar-refractivity contribution in [2.24, 2.45) is 5.10 Å². The molecule has 0 unspecified atom stereocenters. The molecule has 100 valence electrons. The number of hydrogen-bond acceptors (Lipinski definition) is 4. The summed E-state index contributed by atoms with van der Waals surface area (Å²) < 4.78 is 5.19. The van der Waals surface area contributed by atoms with E-state index in [0.29, 0.717) is 5.75 Å². The Kier molecular flexibility index (Phi) is 4.74. The summed E-state index contributed by atoms with van der Waals surface area (Å²) in [6.07, 6.45) is 1.78. The largest absolute Gasteiger partial charge is 0.479 e. The van der Waals surface area contributed by atoms with Gasteiger partial charge < -0.3 is 4.74 Å². The molecule has 2 aromatic rings. The number of nitriles is 1. The average molecular weight is 265 g/mol. The number of para-hydroxylation sites is 1. The van der Waals surface area contributed by atoms with E-state index in [0.717, 1.165) is 11.3 Å². The van der Waals surface area contributed by atoms with Crippen molar-refractivity contribution in [1.82, 2.24) is 0 Å². The summed E-state index contributed by atoms with van der Waals surface area (Å²) in [5, 5.41) is 14.6. The monoisotopic (exact) mass is 265 g/mol. The first-order valence-electron chi connectivity index (χ1n) is 6.22. The zero-order chi connectivity index (χ0) is 14.2. The van der Waals surface area contributed by atoms with Crippen LogP contribution in [0.3, 0.4) is 0 Å². The zero-order valence-corrected chi connectivity index (χ0v) is 11.2. The molecule has 0 aliphatic rings. The third kappa shape index (κ3) is 3.85. The van der Waals surface area contributed by atoms with E-state index >= 15 is 0 Å². The van der Waals surface area contributed by atoms with Gasteiger partial charge in [0.25, 0.3) is 0 Å². The fourth-order valence-corrected chi connectivity index (χ4v) is 1.63. The van der Waals surface area contributed by atoms with Gasteiger partial charge in [-0.05, 0) is 42.0 Å². The van der Waals surface area contributed by atoms with Gasteiger partial charge in [-0.15, -0.1) is 0 Å². The van der Waals surface area contributed by atoms with Gasteiger partial charge in [0.1, 0.15) is 11.8 Å². The molecule has 0 bridgehead atoms. The molecule has 2 rings (SSSR count). The van der Waals surface area contributed by atoms with Gasteiger partial charge in [0, 0.05) is 7.05 Å². The van der Waals surface area contributed by atoms with Crippen LogP contribution in [-0.2, 0) is 0 Å². The topological polar surface area (TPSA) is 48.6 Å². The van der Waals surface area contributed by atoms with Crippen LogP contribution in [-0.4, -0.2) is 19.9 Å². The van der Waals surface area contributed by atoms with Crippen LogP contribution in [0, 0.1) is 11.3 Å². The Morgan fingerprint density at radius 3 is 2.50 bits per heavy atom. The number of ether oxygens (including phenoxy) is 1. The number of anilines is 1. The molecular weight excluding hydrogens is 250 g/mol. The molecule has 0 aliphatic heterocycles. The van der Waals surface area contributed by atoms with Crippen LogP contribution in [0.2, 0.25) is 0 Å². The first-order chi connectivity index (χ1) is 9.79. The third-order valence-corrected chi connectivity index (χ3v) is 2.69. The van der Waals surface area contributed by atoms with Crippen molar-refractivity contribution >= 4 is 11.9 Å². The number of hydrazone groups is 1. The molecule has 0 aromatic heterocycles. The van der Waals surface area contributed by atoms with Gasteiger partial charge in [-0.2, -0.15) is 10.4 Å². The van der Waals surface area contributed by atoms with Crippen molar-refractivity contribution in [3.63, 3.8) is 0 Å². The molecule has 0 atom stereocenters. The predicted molar refractivity (Wildman–Crippen MR) is 80.0 cm³/mol. The van der Waals surface area contributed by atoms with E-state index in [1.54, 1.807) is 11.2 Å². The number of hydrogen-bond donors (Lipinski definition) is 0. The van der Waals surface area contributed by atoms with Crippen LogP contribution in [0.25, 0.3) is 0 Å². The van der Waals surface area contributed by atoms with E-state index in [1.165, 1.54) is 0 Å². The number of rotatable bonds is 5. The lowest BCUT2D eigenvalue weighted by atomic mass is 10.2. The van der Waals surface area contributed by atoms with E-state index in [-0.39, 0.29) is 6.61 Å². The highest BCUT2D eigenvalue weighted by Gasteiger charge is 1.96. The minimum atomic E-state index is 0.0597. The molecule has 0 N–H and O–H groups in total. The molecule has 0 amide bonds. The quantitative estimate of drug-likeness (QED) is 0.616. The lowest BCUT2D eigenvalue weighted by Crippen LogP contribution is -2.08. The highest BCUT2D eigenvalue weighted by molar-refractivity contribution is 5.80. The second-order valence-electron chi connectivity index (χ2n) is 4.12. The minimum absolute atomic E-state index is 0.0597. The fourth-order valence-electron chi connectivity index (χ4n) is 1.63. The van der Waals surface area contributed by atoms with Gasteiger partial charge in [0.15, 0.2) is 6.61 Å². The highest BCUT2D eigenvalue weighted by atomic mass is 16.5. The van der Waals surface area contributed by atoms with Crippen molar-refractivity contribution in [2.45, 2.75) is 0 Å². The molecule has 2 aromatic carbocycles. The predicted octanol–water partition coefficient (Wildman–Crippen LogP) is 3.06. The van der Waals surface area contributed by atoms with Gasteiger partial charge in [0.2, 0.25) is 0 Å². The summed E-state index contributed by atoms with van der Waals surface area (Å²) in [7, 11) is 1.90. The van der Waals surface area contributed by atoms with E-state index in [2.05, 4.69) is 5.10 Å². The molecule has 0 spiro atoms. The van der Waals surface area contributed by atoms with Crippen LogP contribution >= 0.6 is 0 Å². The Balaban J connectivity index is 1.99. The minimum Gasteiger partial charge on any atom is -0.479 e. The van der Waals surface area contributed by atoms with E-state index in [1.807, 2.05) is 67.7 Å². The van der Waals surface area contributed by atoms with Crippen LogP contribution in [0.4, 0.5) is 5.69 Å². The smallest absolute Gasteiger partial charge is 0.174 e. The van der Waals surface area contributed by atoms with Crippen molar-refractivity contribution < 1.29 is 4.74 Å². The summed E-state index contributed by atoms with van der Waals surface area (Å²) >= 11 is 0. The van der Waals surface area contributed by atoms with E-state index in [4.69, 9.17) is 10.00 Å². The van der Waals surface area contributed by atoms with Crippen LogP contribution in [0.1, 0.15) is 5.56 Å². The van der Waals surface area contributed by atoms with Gasteiger partial charge in [-0.1, -0.05) is 18.2 Å². The highest BCUT2D eigenvalue weighted by Crippen LogP contribution is 2.13. The molecule has 0 radical (unpaired) electrons. The number of benzene rings is 2. The van der Waals surface area contributed by atoms with E-state index < -0.39 is 0 Å². The Hall–Kier alpha value is -2.80. The lowest BCUT2D eigenvalue weighted by molar-refractivity contribution is 0.368. The normalized spacial score (nSPS) is 10.2. The molecule has 0 fully saturated rings. The second kappa shape index (κ2) is 6.95. The maximum absolute atomic E-state index is 8.43. The molecular formula is C16H15N3O. The Morgan fingerprint density at radius 1 is 1.15 bits per heavy atom. The second-order valence-corrected chi connectivity index (χ2v) is 4.12. The molecule has 0 saturated carbocycles. The zero-order valence-electron chi connectivity index (χ0n) is 11.2. The Morgan fingerprint density at radius 2 is 1.85 bits per heavy atom. The molecule has 20 heavy (non-hydrogen) atoms. The Labute approximate surface area is 118 Å². The summed E-state index contributed by atoms with van der Waals surface area (Å²) in [5.41, 5.74) is 2.00.